The third-order valence-corrected chi connectivity index (χ3v) is 24.8. The first-order valence-corrected chi connectivity index (χ1v) is 42.3. The fourth-order valence-electron chi connectivity index (χ4n) is 6.94. The van der Waals surface area contributed by atoms with E-state index in [2.05, 4.69) is 25.2 Å². The Morgan fingerprint density at radius 3 is 1.06 bits per heavy atom. The van der Waals surface area contributed by atoms with Gasteiger partial charge in [-0.15, -0.1) is 21.4 Å². The number of amides is 5. The van der Waals surface area contributed by atoms with Crippen LogP contribution in [0.5, 0.6) is 0 Å². The van der Waals surface area contributed by atoms with Crippen LogP contribution in [0.4, 0.5) is 37.1 Å². The van der Waals surface area contributed by atoms with Crippen LogP contribution >= 0.6 is 8.58 Å². The molecule has 0 saturated heterocycles. The highest BCUT2D eigenvalue weighted by atomic mass is 32.2. The number of primary sulfonamides is 1. The van der Waals surface area contributed by atoms with E-state index in [9.17, 15) is 92.4 Å². The van der Waals surface area contributed by atoms with Crippen molar-refractivity contribution in [1.29, 1.82) is 0 Å². The van der Waals surface area contributed by atoms with E-state index in [0.29, 0.717) is 77.1 Å². The Morgan fingerprint density at radius 2 is 0.827 bits per heavy atom. The number of carbonyl (C=O) groups excluding carboxylic acids is 7. The van der Waals surface area contributed by atoms with Crippen molar-refractivity contribution in [3.05, 3.63) is 35.9 Å². The molecule has 7 rings (SSSR count). The molecule has 600 valence electrons. The molecule has 1 aromatic carbocycles. The van der Waals surface area contributed by atoms with Crippen molar-refractivity contribution >= 4 is 112 Å². The Labute approximate surface area is 613 Å². The number of aldehydes is 2. The van der Waals surface area contributed by atoms with Crippen LogP contribution in [0.2, 0.25) is 0 Å². The number of aliphatic hydroxyl groups is 1. The van der Waals surface area contributed by atoms with Gasteiger partial charge >= 0.3 is 36.6 Å². The maximum atomic E-state index is 12.4. The molecular weight excluding hydrogens is 1530 g/mol. The lowest BCUT2D eigenvalue weighted by Gasteiger charge is -2.22. The van der Waals surface area contributed by atoms with Gasteiger partial charge in [0.15, 0.2) is 4.75 Å². The second-order valence-electron chi connectivity index (χ2n) is 28.9. The third-order valence-electron chi connectivity index (χ3n) is 13.2. The molecule has 0 spiro atoms. The number of aliphatic hydroxyl groups excluding tert-OH is 1. The van der Waals surface area contributed by atoms with Crippen molar-refractivity contribution in [2.75, 3.05) is 26.5 Å². The van der Waals surface area contributed by atoms with Crippen molar-refractivity contribution in [2.24, 2.45) is 5.14 Å². The first kappa shape index (κ1) is 99.9. The number of sulfonamides is 6. The molecule has 8 N–H and O–H groups in total. The van der Waals surface area contributed by atoms with Crippen LogP contribution in [0.3, 0.4) is 0 Å². The number of hydrogen-bond donors (Lipinski definition) is 7. The molecule has 6 aliphatic carbocycles. The van der Waals surface area contributed by atoms with Gasteiger partial charge in [0, 0.05) is 0 Å². The molecule has 42 heteroatoms. The van der Waals surface area contributed by atoms with E-state index in [0.717, 1.165) is 14.1 Å². The van der Waals surface area contributed by atoms with E-state index in [1.807, 2.05) is 49.2 Å². The summed E-state index contributed by atoms with van der Waals surface area (Å²) < 4.78 is 203. The van der Waals surface area contributed by atoms with Gasteiger partial charge in [-0.05, 0) is 200 Å². The first-order valence-electron chi connectivity index (χ1n) is 31.2. The largest absolute Gasteiger partial charge is 0.446 e. The van der Waals surface area contributed by atoms with E-state index >= 15 is 0 Å². The van der Waals surface area contributed by atoms with Crippen LogP contribution in [0.15, 0.2) is 30.3 Å². The van der Waals surface area contributed by atoms with Crippen molar-refractivity contribution in [2.45, 2.75) is 258 Å². The predicted octanol–water partition coefficient (Wildman–Crippen LogP) is 7.29. The van der Waals surface area contributed by atoms with Gasteiger partial charge in [0.1, 0.15) is 53.3 Å². The number of terminal acetylenes is 2. The zero-order chi connectivity index (χ0) is 81.0. The predicted molar refractivity (Wildman–Crippen MR) is 383 cm³/mol. The minimum absolute atomic E-state index is 0. The zero-order valence-corrected chi connectivity index (χ0v) is 66.6. The summed E-state index contributed by atoms with van der Waals surface area (Å²) in [6.07, 6.45) is 5.03. The number of alkyl halides is 3. The van der Waals surface area contributed by atoms with Gasteiger partial charge in [0.25, 0.3) is 10.0 Å². The van der Waals surface area contributed by atoms with Gasteiger partial charge in [-0.25, -0.2) is 103 Å². The van der Waals surface area contributed by atoms with Crippen LogP contribution in [-0.4, -0.2) is 188 Å². The second kappa shape index (κ2) is 38.1. The highest BCUT2D eigenvalue weighted by molar-refractivity contribution is 7.93. The van der Waals surface area contributed by atoms with Crippen LogP contribution in [-0.2, 0) is 105 Å². The van der Waals surface area contributed by atoms with Crippen LogP contribution in [0.1, 0.15) is 194 Å². The topological polar surface area (TPSA) is 486 Å². The zero-order valence-electron chi connectivity index (χ0n) is 60.7. The molecule has 5 amide bonds. The number of hydrogen-bond acceptors (Lipinski definition) is 26. The summed E-state index contributed by atoms with van der Waals surface area (Å²) in [6, 6.07) is 9.51. The molecule has 104 heavy (non-hydrogen) atoms. The Morgan fingerprint density at radius 1 is 0.529 bits per heavy atom. The molecule has 6 aliphatic rings. The number of halogens is 3. The normalized spacial score (nSPS) is 17.5. The molecule has 0 heterocycles. The molecule has 6 fully saturated rings. The Bertz CT molecular complexity index is 3890. The van der Waals surface area contributed by atoms with Crippen LogP contribution in [0.25, 0.3) is 0 Å². The highest BCUT2D eigenvalue weighted by Gasteiger charge is 2.58. The van der Waals surface area contributed by atoms with Gasteiger partial charge in [-0.2, -0.15) is 13.2 Å². The maximum absolute atomic E-state index is 12.4. The van der Waals surface area contributed by atoms with Crippen molar-refractivity contribution in [1.82, 2.24) is 23.6 Å². The fourth-order valence-corrected chi connectivity index (χ4v) is 14.1. The van der Waals surface area contributed by atoms with E-state index in [1.54, 1.807) is 109 Å². The van der Waals surface area contributed by atoms with Crippen molar-refractivity contribution < 1.29 is 131 Å². The molecule has 1 aromatic rings. The summed E-state index contributed by atoms with van der Waals surface area (Å²) in [5.74, 6) is 4.38. The highest BCUT2D eigenvalue weighted by Crippen LogP contribution is 2.45. The monoisotopic (exact) mass is 1630 g/mol. The molecule has 0 aromatic heterocycles. The molecule has 0 bridgehead atoms. The minimum Gasteiger partial charge on any atom is -0.443 e. The van der Waals surface area contributed by atoms with Gasteiger partial charge in [-0.3, -0.25) is 4.79 Å². The third kappa shape index (κ3) is 36.9. The molecule has 0 aliphatic heterocycles. The average molecular weight is 1630 g/mol. The molecule has 32 nitrogen and oxygen atoms in total. The van der Waals surface area contributed by atoms with Gasteiger partial charge in [-0.1, -0.05) is 49.6 Å². The summed E-state index contributed by atoms with van der Waals surface area (Å²) in [4.78, 5) is 75.9. The summed E-state index contributed by atoms with van der Waals surface area (Å²) in [5.41, 5.74) is -2.73. The molecule has 6 saturated carbocycles. The summed E-state index contributed by atoms with van der Waals surface area (Å²) in [7, 11) is -21.3. The van der Waals surface area contributed by atoms with Crippen molar-refractivity contribution in [3.63, 3.8) is 0 Å². The van der Waals surface area contributed by atoms with Crippen LogP contribution < -0.4 is 28.7 Å². The summed E-state index contributed by atoms with van der Waals surface area (Å²) in [5, 5.41) is 13.4. The van der Waals surface area contributed by atoms with Crippen molar-refractivity contribution in [3.8, 4) is 24.7 Å². The minimum atomic E-state index is -4.64. The number of rotatable bonds is 17. The SMILES string of the molecule is C.C#CC1(S(=O)(=O)NC(=O)OC(C)(C)C)CC1.C#CC1(S(N)(=O)=O)CC1.CC(C)(C)OC(=O)NS(=O)(=O)C1(C=O)CC1.CC(C)(C)OC(=O)NS(=O)(=O)C1(CO)CC1.CC(C)(C)OC(=O)NS(=O)(=O)C1(COCc2ccccc2)CC1.CC(C)(C)OC(=O)NS(=O)(=O)C1CC1.CPC.O=CC(F)(F)F. The van der Waals surface area contributed by atoms with Crippen LogP contribution in [0, 0.1) is 24.7 Å². The Balaban J connectivity index is 0. The lowest BCUT2D eigenvalue weighted by atomic mass is 10.2. The number of benzene rings is 1. The van der Waals surface area contributed by atoms with E-state index in [-0.39, 0.29) is 26.9 Å². The molecule has 0 unspecified atom stereocenters. The molecular formula is C62H104F3N6O26PS6. The number of nitrogens with two attached hydrogens (primary N) is 1. The Kier molecular flexibility index (Phi) is 36.6. The Hall–Kier alpha value is -6.17. The maximum Gasteiger partial charge on any atom is 0.446 e. The lowest BCUT2D eigenvalue weighted by Crippen LogP contribution is -2.44. The smallest absolute Gasteiger partial charge is 0.443 e. The molecule has 0 radical (unpaired) electrons. The first-order chi connectivity index (χ1) is 46.2. The number of nitrogens with one attached hydrogen (secondary N) is 5. The molecule has 0 atom stereocenters. The lowest BCUT2D eigenvalue weighted by molar-refractivity contribution is -0.156. The number of carbonyl (C=O) groups is 7. The fraction of sp³-hybridized carbons (Fsp3) is 0.726. The van der Waals surface area contributed by atoms with Gasteiger partial charge in [0.05, 0.1) is 25.1 Å². The van der Waals surface area contributed by atoms with E-state index < -0.39 is 167 Å². The van der Waals surface area contributed by atoms with Gasteiger partial charge in [0.2, 0.25) is 56.4 Å². The second-order valence-corrected chi connectivity index (χ2v) is 41.9. The van der Waals surface area contributed by atoms with E-state index in [4.69, 9.17) is 56.3 Å². The van der Waals surface area contributed by atoms with E-state index in [1.165, 1.54) is 0 Å². The number of ether oxygens (including phenoxy) is 6. The standard InChI is InChI=1S/C16H23NO5S.C10H15NO4S.C9H17NO5S.C9H15NO5S.C8H15NO4S.C5H7NO2S.C2HF3O.C2H7P.CH4/c1-15(2,3)22-14(18)17-23(19,20)16(9-10-16)12-21-11-13-7-5-4-6-8-13;1-5-10(6-7-10)16(13,14)11-8(12)15-9(2,3)4;2*1-8(2,3)15-7(12)10-16(13,14)9(6-11)4-5-9;1-8(2,3)13-7(10)9-14(11,12)6-4-5-6;1-2-5(3-4-5)9(6,7)8;3-2(4,5)1-6;1-3-2;/h4-8H,9-12H2,1-3H3,(H,17,18);1H,6-7H2,2-4H3,(H,11,12);11H,4-6H2,1-3H3,(H,10,12);6H,4-5H2,1-3H3,(H,10,12);6H,4-5H2,1-3H3,(H,9,10);1H,3-4H2,(H2,6,7,8);1H;3H,1-2H3;1H4. The quantitative estimate of drug-likeness (QED) is 0.0348. The summed E-state index contributed by atoms with van der Waals surface area (Å²) >= 11 is 0. The van der Waals surface area contributed by atoms with Gasteiger partial charge < -0.3 is 38.3 Å². The summed E-state index contributed by atoms with van der Waals surface area (Å²) in [6.45, 7) is 29.0. The average Bonchev–Trinajstić information content (AvgIpc) is 1.68.